The quantitative estimate of drug-likeness (QED) is 0.853. The molecule has 0 unspecified atom stereocenters. The number of ether oxygens (including phenoxy) is 1. The lowest BCUT2D eigenvalue weighted by atomic mass is 10.1. The number of hydrogen-bond acceptors (Lipinski definition) is 4. The lowest BCUT2D eigenvalue weighted by Gasteiger charge is -2.31. The van der Waals surface area contributed by atoms with E-state index < -0.39 is 11.6 Å². The van der Waals surface area contributed by atoms with Crippen LogP contribution in [0.1, 0.15) is 41.0 Å². The standard InChI is InChI=1S/C14H26N2O4/c1-10(2)16(9-12(17)18)11-6-7-15(8-11)13(19)20-14(3,4)5/h10-11H,6-9H2,1-5H3,(H,17,18)/t11-/m1/s1. The summed E-state index contributed by atoms with van der Waals surface area (Å²) < 4.78 is 5.34. The van der Waals surface area contributed by atoms with Crippen molar-refractivity contribution >= 4 is 12.1 Å². The second-order valence-corrected chi connectivity index (χ2v) is 6.53. The van der Waals surface area contributed by atoms with Gasteiger partial charge >= 0.3 is 12.1 Å². The topological polar surface area (TPSA) is 70.1 Å². The number of aliphatic carboxylic acids is 1. The minimum atomic E-state index is -0.839. The number of carbonyl (C=O) groups is 2. The second kappa shape index (κ2) is 6.43. The van der Waals surface area contributed by atoms with Gasteiger partial charge in [0, 0.05) is 25.2 Å². The molecule has 0 aromatic rings. The van der Waals surface area contributed by atoms with Gasteiger partial charge in [-0.3, -0.25) is 9.69 Å². The number of rotatable bonds is 4. The maximum atomic E-state index is 12.0. The predicted molar refractivity (Wildman–Crippen MR) is 75.7 cm³/mol. The average molecular weight is 286 g/mol. The van der Waals surface area contributed by atoms with E-state index >= 15 is 0 Å². The summed E-state index contributed by atoms with van der Waals surface area (Å²) in [5.41, 5.74) is -0.506. The van der Waals surface area contributed by atoms with Crippen LogP contribution in [0.25, 0.3) is 0 Å². The lowest BCUT2D eigenvalue weighted by molar-refractivity contribution is -0.139. The van der Waals surface area contributed by atoms with Crippen molar-refractivity contribution < 1.29 is 19.4 Å². The summed E-state index contributed by atoms with van der Waals surface area (Å²) in [6.45, 7) is 10.6. The molecule has 0 aliphatic carbocycles. The van der Waals surface area contributed by atoms with Crippen LogP contribution in [-0.4, -0.2) is 64.3 Å². The SMILES string of the molecule is CC(C)N(CC(=O)O)[C@@H]1CCN(C(=O)OC(C)(C)C)C1. The first-order valence-corrected chi connectivity index (χ1v) is 7.05. The monoisotopic (exact) mass is 286 g/mol. The highest BCUT2D eigenvalue weighted by atomic mass is 16.6. The van der Waals surface area contributed by atoms with E-state index in [-0.39, 0.29) is 24.7 Å². The number of nitrogens with zero attached hydrogens (tertiary/aromatic N) is 2. The maximum Gasteiger partial charge on any atom is 0.410 e. The predicted octanol–water partition coefficient (Wildman–Crippen LogP) is 1.79. The van der Waals surface area contributed by atoms with Gasteiger partial charge in [-0.2, -0.15) is 0 Å². The van der Waals surface area contributed by atoms with Gasteiger partial charge in [-0.1, -0.05) is 0 Å². The highest BCUT2D eigenvalue weighted by molar-refractivity contribution is 5.70. The zero-order valence-corrected chi connectivity index (χ0v) is 13.0. The van der Waals surface area contributed by atoms with Gasteiger partial charge in [0.1, 0.15) is 5.60 Å². The van der Waals surface area contributed by atoms with Crippen LogP contribution in [0.15, 0.2) is 0 Å². The Kier molecular flexibility index (Phi) is 5.39. The first-order chi connectivity index (χ1) is 9.10. The van der Waals surface area contributed by atoms with Crippen LogP contribution >= 0.6 is 0 Å². The molecule has 0 bridgehead atoms. The number of carbonyl (C=O) groups excluding carboxylic acids is 1. The van der Waals surface area contributed by atoms with E-state index in [0.717, 1.165) is 6.42 Å². The van der Waals surface area contributed by atoms with Crippen LogP contribution in [0.3, 0.4) is 0 Å². The van der Waals surface area contributed by atoms with Gasteiger partial charge in [0.2, 0.25) is 0 Å². The fourth-order valence-electron chi connectivity index (χ4n) is 2.39. The van der Waals surface area contributed by atoms with Crippen molar-refractivity contribution in [3.63, 3.8) is 0 Å². The van der Waals surface area contributed by atoms with Crippen LogP contribution in [0, 0.1) is 0 Å². The summed E-state index contributed by atoms with van der Waals surface area (Å²) in [4.78, 5) is 26.5. The molecule has 6 nitrogen and oxygen atoms in total. The molecular formula is C14H26N2O4. The molecule has 1 amide bonds. The van der Waals surface area contributed by atoms with Crippen molar-refractivity contribution in [2.45, 2.75) is 58.7 Å². The number of amides is 1. The fourth-order valence-corrected chi connectivity index (χ4v) is 2.39. The van der Waals surface area contributed by atoms with Crippen LogP contribution < -0.4 is 0 Å². The molecule has 0 radical (unpaired) electrons. The summed E-state index contributed by atoms with van der Waals surface area (Å²) in [7, 11) is 0. The Hall–Kier alpha value is -1.30. The van der Waals surface area contributed by atoms with Gasteiger partial charge in [0.05, 0.1) is 6.54 Å². The molecular weight excluding hydrogens is 260 g/mol. The third-order valence-electron chi connectivity index (χ3n) is 3.27. The van der Waals surface area contributed by atoms with Gasteiger partial charge in [-0.15, -0.1) is 0 Å². The molecule has 1 aliphatic rings. The zero-order valence-electron chi connectivity index (χ0n) is 13.0. The maximum absolute atomic E-state index is 12.0. The molecule has 1 fully saturated rings. The second-order valence-electron chi connectivity index (χ2n) is 6.53. The van der Waals surface area contributed by atoms with Crippen molar-refractivity contribution in [1.82, 2.24) is 9.80 Å². The van der Waals surface area contributed by atoms with Crippen molar-refractivity contribution in [1.29, 1.82) is 0 Å². The Morgan fingerprint density at radius 2 is 2.00 bits per heavy atom. The highest BCUT2D eigenvalue weighted by Gasteiger charge is 2.34. The Labute approximate surface area is 120 Å². The largest absolute Gasteiger partial charge is 0.480 e. The average Bonchev–Trinajstić information content (AvgIpc) is 2.71. The molecule has 20 heavy (non-hydrogen) atoms. The Balaban J connectivity index is 2.61. The number of hydrogen-bond donors (Lipinski definition) is 1. The molecule has 1 saturated heterocycles. The number of likely N-dealkylation sites (tertiary alicyclic amines) is 1. The minimum Gasteiger partial charge on any atom is -0.480 e. The van der Waals surface area contributed by atoms with Crippen molar-refractivity contribution in [3.8, 4) is 0 Å². The normalized spacial score (nSPS) is 19.8. The summed E-state index contributed by atoms with van der Waals surface area (Å²) in [5.74, 6) is -0.839. The van der Waals surface area contributed by atoms with E-state index in [2.05, 4.69) is 0 Å². The van der Waals surface area contributed by atoms with Gasteiger partial charge in [-0.05, 0) is 41.0 Å². The van der Waals surface area contributed by atoms with Crippen LogP contribution in [0.2, 0.25) is 0 Å². The van der Waals surface area contributed by atoms with Crippen molar-refractivity contribution in [2.75, 3.05) is 19.6 Å². The van der Waals surface area contributed by atoms with Crippen molar-refractivity contribution in [2.24, 2.45) is 0 Å². The van der Waals surface area contributed by atoms with E-state index in [1.165, 1.54) is 0 Å². The number of carboxylic acids is 1. The van der Waals surface area contributed by atoms with E-state index in [0.29, 0.717) is 13.1 Å². The molecule has 0 aromatic heterocycles. The molecule has 1 aliphatic heterocycles. The smallest absolute Gasteiger partial charge is 0.410 e. The molecule has 1 rings (SSSR count). The lowest BCUT2D eigenvalue weighted by Crippen LogP contribution is -2.45. The third kappa shape index (κ3) is 5.00. The van der Waals surface area contributed by atoms with Gasteiger partial charge in [-0.25, -0.2) is 4.79 Å². The third-order valence-corrected chi connectivity index (χ3v) is 3.27. The van der Waals surface area contributed by atoms with E-state index in [1.54, 1.807) is 4.90 Å². The molecule has 0 saturated carbocycles. The Morgan fingerprint density at radius 3 is 2.45 bits per heavy atom. The minimum absolute atomic E-state index is 0.00446. The van der Waals surface area contributed by atoms with E-state index in [1.807, 2.05) is 39.5 Å². The molecule has 116 valence electrons. The highest BCUT2D eigenvalue weighted by Crippen LogP contribution is 2.20. The summed E-state index contributed by atoms with van der Waals surface area (Å²) >= 11 is 0. The molecule has 1 atom stereocenters. The van der Waals surface area contributed by atoms with Gasteiger partial charge in [0.25, 0.3) is 0 Å². The first kappa shape index (κ1) is 16.8. The molecule has 1 heterocycles. The van der Waals surface area contributed by atoms with E-state index in [9.17, 15) is 9.59 Å². The number of carboxylic acid groups (broad SMARTS) is 1. The van der Waals surface area contributed by atoms with Crippen LogP contribution in [0.5, 0.6) is 0 Å². The summed E-state index contributed by atoms with van der Waals surface area (Å²) in [6.07, 6.45) is 0.462. The van der Waals surface area contributed by atoms with Gasteiger partial charge in [0.15, 0.2) is 0 Å². The van der Waals surface area contributed by atoms with Crippen LogP contribution in [-0.2, 0) is 9.53 Å². The summed E-state index contributed by atoms with van der Waals surface area (Å²) in [5, 5.41) is 8.97. The molecule has 0 aromatic carbocycles. The first-order valence-electron chi connectivity index (χ1n) is 7.05. The Morgan fingerprint density at radius 1 is 1.40 bits per heavy atom. The van der Waals surface area contributed by atoms with Gasteiger partial charge < -0.3 is 14.7 Å². The molecule has 6 heteroatoms. The zero-order chi connectivity index (χ0) is 15.5. The Bertz CT molecular complexity index is 363. The van der Waals surface area contributed by atoms with E-state index in [4.69, 9.17) is 9.84 Å². The summed E-state index contributed by atoms with van der Waals surface area (Å²) in [6, 6.07) is 0.216. The van der Waals surface area contributed by atoms with Crippen molar-refractivity contribution in [3.05, 3.63) is 0 Å². The fraction of sp³-hybridized carbons (Fsp3) is 0.857. The molecule has 0 spiro atoms. The van der Waals surface area contributed by atoms with Crippen LogP contribution in [0.4, 0.5) is 4.79 Å². The molecule has 1 N–H and O–H groups in total.